The van der Waals surface area contributed by atoms with Gasteiger partial charge in [-0.1, -0.05) is 37.3 Å². The number of benzene rings is 1. The van der Waals surface area contributed by atoms with Crippen LogP contribution in [-0.2, 0) is 14.3 Å². The van der Waals surface area contributed by atoms with Crippen molar-refractivity contribution in [1.82, 2.24) is 0 Å². The zero-order chi connectivity index (χ0) is 16.1. The number of rotatable bonds is 5. The van der Waals surface area contributed by atoms with Gasteiger partial charge in [0.25, 0.3) is 10.1 Å². The normalized spacial score (nSPS) is 13.4. The summed E-state index contributed by atoms with van der Waals surface area (Å²) in [6.45, 7) is 7.90. The van der Waals surface area contributed by atoms with Crippen molar-refractivity contribution in [2.45, 2.75) is 44.0 Å². The smallest absolute Gasteiger partial charge is 0.297 e. The van der Waals surface area contributed by atoms with Crippen LogP contribution >= 0.6 is 0 Å². The summed E-state index contributed by atoms with van der Waals surface area (Å²) in [5.41, 5.74) is 4.08. The number of aryl methyl sites for hydroxylation is 1. The highest BCUT2D eigenvalue weighted by molar-refractivity contribution is 7.86. The molecule has 116 valence electrons. The number of hydrogen-bond donors (Lipinski definition) is 1. The molecular formula is C15H22O4SSi. The van der Waals surface area contributed by atoms with Crippen molar-refractivity contribution in [1.29, 1.82) is 0 Å². The molecule has 0 spiro atoms. The Hall–Kier alpha value is -1.13. The van der Waals surface area contributed by atoms with Crippen LogP contribution in [0.1, 0.15) is 12.0 Å². The third kappa shape index (κ3) is 6.91. The summed E-state index contributed by atoms with van der Waals surface area (Å²) in [6.07, 6.45) is -0.692. The summed E-state index contributed by atoms with van der Waals surface area (Å²) in [6, 6.07) is 6.38. The maximum absolute atomic E-state index is 11.9. The molecule has 21 heavy (non-hydrogen) atoms. The van der Waals surface area contributed by atoms with Crippen molar-refractivity contribution in [3.8, 4) is 11.5 Å². The van der Waals surface area contributed by atoms with Crippen LogP contribution in [-0.4, -0.2) is 34.3 Å². The van der Waals surface area contributed by atoms with E-state index in [1.165, 1.54) is 12.1 Å². The molecule has 0 fully saturated rings. The SMILES string of the molecule is Cc1ccc(S(=O)(=O)OCC(O)CC#C[Si](C)(C)C)cc1. The molecule has 1 aromatic rings. The van der Waals surface area contributed by atoms with Crippen LogP contribution in [0.15, 0.2) is 29.2 Å². The highest BCUT2D eigenvalue weighted by Gasteiger charge is 2.17. The molecule has 0 saturated heterocycles. The minimum absolute atomic E-state index is 0.0912. The molecule has 0 aliphatic carbocycles. The van der Waals surface area contributed by atoms with Gasteiger partial charge in [-0.05, 0) is 19.1 Å². The van der Waals surface area contributed by atoms with E-state index in [1.54, 1.807) is 12.1 Å². The van der Waals surface area contributed by atoms with E-state index in [1.807, 2.05) is 6.92 Å². The van der Waals surface area contributed by atoms with Gasteiger partial charge in [-0.25, -0.2) is 0 Å². The van der Waals surface area contributed by atoms with Crippen molar-refractivity contribution < 1.29 is 17.7 Å². The van der Waals surface area contributed by atoms with Crippen LogP contribution in [0.5, 0.6) is 0 Å². The molecule has 6 heteroatoms. The molecule has 0 radical (unpaired) electrons. The molecule has 0 bridgehead atoms. The second-order valence-corrected chi connectivity index (χ2v) is 12.3. The van der Waals surface area contributed by atoms with Crippen molar-refractivity contribution >= 4 is 18.2 Å². The monoisotopic (exact) mass is 326 g/mol. The van der Waals surface area contributed by atoms with Gasteiger partial charge in [-0.2, -0.15) is 8.42 Å². The van der Waals surface area contributed by atoms with E-state index in [0.29, 0.717) is 0 Å². The maximum atomic E-state index is 11.9. The summed E-state index contributed by atoms with van der Waals surface area (Å²) in [5.74, 6) is 2.90. The van der Waals surface area contributed by atoms with Crippen molar-refractivity contribution in [3.05, 3.63) is 29.8 Å². The van der Waals surface area contributed by atoms with Crippen LogP contribution in [0.2, 0.25) is 19.6 Å². The maximum Gasteiger partial charge on any atom is 0.297 e. The lowest BCUT2D eigenvalue weighted by molar-refractivity contribution is 0.115. The van der Waals surface area contributed by atoms with Gasteiger partial charge in [0.05, 0.1) is 17.6 Å². The summed E-state index contributed by atoms with van der Waals surface area (Å²) < 4.78 is 28.7. The average molecular weight is 326 g/mol. The van der Waals surface area contributed by atoms with Gasteiger partial charge < -0.3 is 5.11 Å². The Kier molecular flexibility index (Phi) is 6.17. The van der Waals surface area contributed by atoms with E-state index in [0.717, 1.165) is 5.56 Å². The predicted molar refractivity (Wildman–Crippen MR) is 86.1 cm³/mol. The van der Waals surface area contributed by atoms with Gasteiger partial charge in [0.2, 0.25) is 0 Å². The van der Waals surface area contributed by atoms with Crippen molar-refractivity contribution in [3.63, 3.8) is 0 Å². The Bertz CT molecular complexity index is 618. The van der Waals surface area contributed by atoms with Gasteiger partial charge >= 0.3 is 0 Å². The Morgan fingerprint density at radius 2 is 1.81 bits per heavy atom. The minimum Gasteiger partial charge on any atom is -0.390 e. The van der Waals surface area contributed by atoms with Crippen LogP contribution in [0.4, 0.5) is 0 Å². The summed E-state index contributed by atoms with van der Waals surface area (Å²) in [7, 11) is -5.30. The van der Waals surface area contributed by atoms with Crippen molar-refractivity contribution in [2.24, 2.45) is 0 Å². The molecule has 1 rings (SSSR count). The molecule has 0 heterocycles. The fourth-order valence-electron chi connectivity index (χ4n) is 1.43. The van der Waals surface area contributed by atoms with Crippen molar-refractivity contribution in [2.75, 3.05) is 6.61 Å². The van der Waals surface area contributed by atoms with E-state index in [-0.39, 0.29) is 17.9 Å². The quantitative estimate of drug-likeness (QED) is 0.512. The topological polar surface area (TPSA) is 63.6 Å². The fourth-order valence-corrected chi connectivity index (χ4v) is 3.01. The standard InChI is InChI=1S/C15H22O4SSi/c1-13-7-9-15(10-8-13)20(17,18)19-12-14(16)6-5-11-21(2,3)4/h7-10,14,16H,6,12H2,1-4H3. The molecule has 4 nitrogen and oxygen atoms in total. The van der Waals surface area contributed by atoms with E-state index < -0.39 is 24.3 Å². The van der Waals surface area contributed by atoms with Gasteiger partial charge in [-0.15, -0.1) is 11.5 Å². The zero-order valence-corrected chi connectivity index (χ0v) is 14.7. The van der Waals surface area contributed by atoms with E-state index in [4.69, 9.17) is 4.18 Å². The molecule has 1 N–H and O–H groups in total. The summed E-state index contributed by atoms with van der Waals surface area (Å²) in [5, 5.41) is 9.72. The van der Waals surface area contributed by atoms with Gasteiger partial charge in [0.15, 0.2) is 0 Å². The van der Waals surface area contributed by atoms with Gasteiger partial charge in [0, 0.05) is 6.42 Å². The first-order chi connectivity index (χ1) is 9.60. The van der Waals surface area contributed by atoms with Crippen LogP contribution in [0.3, 0.4) is 0 Å². The molecule has 1 aromatic carbocycles. The Morgan fingerprint density at radius 3 is 2.33 bits per heavy atom. The van der Waals surface area contributed by atoms with E-state index in [9.17, 15) is 13.5 Å². The molecule has 0 aliphatic rings. The third-order valence-electron chi connectivity index (χ3n) is 2.53. The van der Waals surface area contributed by atoms with Gasteiger partial charge in [-0.3, -0.25) is 4.18 Å². The highest BCUT2D eigenvalue weighted by Crippen LogP contribution is 2.13. The summed E-state index contributed by atoms with van der Waals surface area (Å²) in [4.78, 5) is 0.0912. The Morgan fingerprint density at radius 1 is 1.24 bits per heavy atom. The number of aliphatic hydroxyl groups excluding tert-OH is 1. The molecule has 0 aliphatic heterocycles. The Labute approximate surface area is 128 Å². The molecular weight excluding hydrogens is 304 g/mol. The lowest BCUT2D eigenvalue weighted by atomic mass is 10.2. The van der Waals surface area contributed by atoms with Crippen LogP contribution in [0, 0.1) is 18.4 Å². The minimum atomic E-state index is -3.83. The fraction of sp³-hybridized carbons (Fsp3) is 0.467. The predicted octanol–water partition coefficient (Wildman–Crippen LogP) is 2.33. The lowest BCUT2D eigenvalue weighted by Crippen LogP contribution is -2.20. The first-order valence-electron chi connectivity index (χ1n) is 6.74. The highest BCUT2D eigenvalue weighted by atomic mass is 32.2. The second kappa shape index (κ2) is 7.23. The molecule has 0 amide bonds. The Balaban J connectivity index is 2.57. The first-order valence-corrected chi connectivity index (χ1v) is 11.7. The molecule has 0 aromatic heterocycles. The zero-order valence-electron chi connectivity index (χ0n) is 12.9. The number of aliphatic hydroxyl groups is 1. The second-order valence-electron chi connectivity index (χ2n) is 5.96. The van der Waals surface area contributed by atoms with E-state index >= 15 is 0 Å². The first kappa shape index (κ1) is 17.9. The number of hydrogen-bond acceptors (Lipinski definition) is 4. The largest absolute Gasteiger partial charge is 0.390 e. The van der Waals surface area contributed by atoms with Crippen LogP contribution < -0.4 is 0 Å². The van der Waals surface area contributed by atoms with E-state index in [2.05, 4.69) is 31.1 Å². The lowest BCUT2D eigenvalue weighted by Gasteiger charge is -2.09. The molecule has 1 atom stereocenters. The van der Waals surface area contributed by atoms with Crippen LogP contribution in [0.25, 0.3) is 0 Å². The van der Waals surface area contributed by atoms with Gasteiger partial charge in [0.1, 0.15) is 8.07 Å². The molecule has 0 saturated carbocycles. The average Bonchev–Trinajstić information content (AvgIpc) is 2.35. The summed E-state index contributed by atoms with van der Waals surface area (Å²) >= 11 is 0. The molecule has 1 unspecified atom stereocenters. The third-order valence-corrected chi connectivity index (χ3v) is 4.75.